The highest BCUT2D eigenvalue weighted by atomic mass is 35.5. The van der Waals surface area contributed by atoms with Gasteiger partial charge in [0.2, 0.25) is 0 Å². The molecule has 0 saturated carbocycles. The zero-order chi connectivity index (χ0) is 20.2. The van der Waals surface area contributed by atoms with Gasteiger partial charge in [-0.05, 0) is 29.3 Å². The molecule has 29 heavy (non-hydrogen) atoms. The fraction of sp³-hybridized carbons (Fsp3) is 0.182. The molecule has 0 saturated heterocycles. The molecule has 148 valence electrons. The highest BCUT2D eigenvalue weighted by Crippen LogP contribution is 2.31. The van der Waals surface area contributed by atoms with Crippen LogP contribution >= 0.6 is 22.9 Å². The van der Waals surface area contributed by atoms with Gasteiger partial charge in [0.25, 0.3) is 5.56 Å². The molecule has 4 aromatic rings. The Hall–Kier alpha value is -2.51. The molecule has 0 radical (unpaired) electrons. The first kappa shape index (κ1) is 19.8. The van der Waals surface area contributed by atoms with Gasteiger partial charge < -0.3 is 9.84 Å². The van der Waals surface area contributed by atoms with Crippen LogP contribution in [-0.2, 0) is 17.9 Å². The van der Waals surface area contributed by atoms with Crippen LogP contribution < -0.4 is 5.56 Å². The first-order valence-electron chi connectivity index (χ1n) is 9.15. The van der Waals surface area contributed by atoms with Gasteiger partial charge in [-0.3, -0.25) is 9.36 Å². The first-order valence-corrected chi connectivity index (χ1v) is 10.3. The number of aromatic nitrogens is 2. The van der Waals surface area contributed by atoms with Crippen LogP contribution in [-0.4, -0.2) is 27.4 Å². The second-order valence-electron chi connectivity index (χ2n) is 6.69. The zero-order valence-corrected chi connectivity index (χ0v) is 17.1. The van der Waals surface area contributed by atoms with Crippen LogP contribution in [0.4, 0.5) is 0 Å². The summed E-state index contributed by atoms with van der Waals surface area (Å²) in [5.41, 5.74) is 2.50. The van der Waals surface area contributed by atoms with Gasteiger partial charge in [-0.1, -0.05) is 54.1 Å². The van der Waals surface area contributed by atoms with Gasteiger partial charge in [-0.25, -0.2) is 4.98 Å². The number of rotatable bonds is 7. The Kier molecular flexibility index (Phi) is 6.06. The Balaban J connectivity index is 1.45. The molecule has 2 aromatic carbocycles. The van der Waals surface area contributed by atoms with Crippen LogP contribution in [0.25, 0.3) is 20.7 Å². The minimum Gasteiger partial charge on any atom is -0.389 e. The summed E-state index contributed by atoms with van der Waals surface area (Å²) in [6.45, 7) is 0.685. The largest absolute Gasteiger partial charge is 0.389 e. The predicted molar refractivity (Wildman–Crippen MR) is 116 cm³/mol. The minimum absolute atomic E-state index is 0.130. The standard InChI is InChI=1S/C22H19ClN2O3S/c23-17-8-6-16(7-9-17)20-10-19-21(29-20)22(27)25(14-24-19)11-18(26)13-28-12-15-4-2-1-3-5-15/h1-10,14,18,26H,11-13H2/t18-/m1/s1. The summed E-state index contributed by atoms with van der Waals surface area (Å²) < 4.78 is 7.55. The summed E-state index contributed by atoms with van der Waals surface area (Å²) in [4.78, 5) is 18.2. The summed E-state index contributed by atoms with van der Waals surface area (Å²) in [6.07, 6.45) is 0.676. The Morgan fingerprint density at radius 2 is 1.90 bits per heavy atom. The van der Waals surface area contributed by atoms with Crippen molar-refractivity contribution in [2.45, 2.75) is 19.3 Å². The van der Waals surface area contributed by atoms with E-state index in [9.17, 15) is 9.90 Å². The second kappa shape index (κ2) is 8.88. The maximum absolute atomic E-state index is 12.8. The van der Waals surface area contributed by atoms with Crippen molar-refractivity contribution in [3.05, 3.63) is 87.9 Å². The molecular weight excluding hydrogens is 408 g/mol. The van der Waals surface area contributed by atoms with Gasteiger partial charge in [-0.2, -0.15) is 0 Å². The molecule has 0 aliphatic rings. The fourth-order valence-electron chi connectivity index (χ4n) is 3.00. The molecule has 1 atom stereocenters. The van der Waals surface area contributed by atoms with Crippen LogP contribution in [0.1, 0.15) is 5.56 Å². The van der Waals surface area contributed by atoms with Gasteiger partial charge in [0.15, 0.2) is 0 Å². The quantitative estimate of drug-likeness (QED) is 0.477. The third-order valence-corrected chi connectivity index (χ3v) is 5.88. The molecule has 0 amide bonds. The number of fused-ring (bicyclic) bond motifs is 1. The maximum Gasteiger partial charge on any atom is 0.271 e. The zero-order valence-electron chi connectivity index (χ0n) is 15.5. The van der Waals surface area contributed by atoms with Gasteiger partial charge in [0, 0.05) is 9.90 Å². The van der Waals surface area contributed by atoms with E-state index in [1.54, 1.807) is 0 Å². The summed E-state index contributed by atoms with van der Waals surface area (Å²) in [7, 11) is 0. The van der Waals surface area contributed by atoms with Gasteiger partial charge in [0.05, 0.1) is 37.7 Å². The first-order chi connectivity index (χ1) is 14.1. The lowest BCUT2D eigenvalue weighted by molar-refractivity contribution is 0.0198. The average Bonchev–Trinajstić information content (AvgIpc) is 3.17. The monoisotopic (exact) mass is 426 g/mol. The summed E-state index contributed by atoms with van der Waals surface area (Å²) in [6, 6.07) is 19.1. The number of thiophene rings is 1. The lowest BCUT2D eigenvalue weighted by Gasteiger charge is -2.13. The number of aliphatic hydroxyl groups is 1. The van der Waals surface area contributed by atoms with E-state index in [1.807, 2.05) is 60.7 Å². The van der Waals surface area contributed by atoms with Crippen LogP contribution in [0, 0.1) is 0 Å². The average molecular weight is 427 g/mol. The number of hydrogen-bond acceptors (Lipinski definition) is 5. The molecule has 1 N–H and O–H groups in total. The molecule has 0 unspecified atom stereocenters. The third kappa shape index (κ3) is 4.74. The lowest BCUT2D eigenvalue weighted by Crippen LogP contribution is -2.29. The van der Waals surface area contributed by atoms with E-state index in [-0.39, 0.29) is 18.7 Å². The molecule has 0 spiro atoms. The second-order valence-corrected chi connectivity index (χ2v) is 8.18. The van der Waals surface area contributed by atoms with Crippen molar-refractivity contribution in [1.29, 1.82) is 0 Å². The van der Waals surface area contributed by atoms with E-state index in [2.05, 4.69) is 4.98 Å². The number of ether oxygens (including phenoxy) is 1. The van der Waals surface area contributed by atoms with Crippen molar-refractivity contribution in [1.82, 2.24) is 9.55 Å². The minimum atomic E-state index is -0.800. The molecule has 5 nitrogen and oxygen atoms in total. The summed E-state index contributed by atoms with van der Waals surface area (Å²) in [5.74, 6) is 0. The van der Waals surface area contributed by atoms with Crippen LogP contribution in [0.15, 0.2) is 71.8 Å². The Bertz CT molecular complexity index is 1160. The Morgan fingerprint density at radius 3 is 2.66 bits per heavy atom. The maximum atomic E-state index is 12.8. The normalized spacial score (nSPS) is 12.3. The fourth-order valence-corrected chi connectivity index (χ4v) is 4.19. The highest BCUT2D eigenvalue weighted by molar-refractivity contribution is 7.22. The van der Waals surface area contributed by atoms with Crippen molar-refractivity contribution < 1.29 is 9.84 Å². The lowest BCUT2D eigenvalue weighted by atomic mass is 10.2. The molecule has 0 bridgehead atoms. The smallest absolute Gasteiger partial charge is 0.271 e. The van der Waals surface area contributed by atoms with Crippen molar-refractivity contribution in [2.24, 2.45) is 0 Å². The van der Waals surface area contributed by atoms with Crippen molar-refractivity contribution in [2.75, 3.05) is 6.61 Å². The molecule has 0 fully saturated rings. The number of aliphatic hydroxyl groups excluding tert-OH is 1. The van der Waals surface area contributed by atoms with Crippen LogP contribution in [0.3, 0.4) is 0 Å². The van der Waals surface area contributed by atoms with Crippen molar-refractivity contribution in [3.63, 3.8) is 0 Å². The molecule has 2 heterocycles. The van der Waals surface area contributed by atoms with E-state index in [1.165, 1.54) is 22.2 Å². The number of hydrogen-bond donors (Lipinski definition) is 1. The molecule has 0 aliphatic heterocycles. The van der Waals surface area contributed by atoms with Crippen LogP contribution in [0.5, 0.6) is 0 Å². The van der Waals surface area contributed by atoms with Crippen molar-refractivity contribution in [3.8, 4) is 10.4 Å². The van der Waals surface area contributed by atoms with Gasteiger partial charge >= 0.3 is 0 Å². The molecule has 0 aliphatic carbocycles. The molecular formula is C22H19ClN2O3S. The van der Waals surface area contributed by atoms with Gasteiger partial charge in [0.1, 0.15) is 4.70 Å². The molecule has 7 heteroatoms. The highest BCUT2D eigenvalue weighted by Gasteiger charge is 2.13. The van der Waals surface area contributed by atoms with Gasteiger partial charge in [-0.15, -0.1) is 11.3 Å². The van der Waals surface area contributed by atoms with Crippen LogP contribution in [0.2, 0.25) is 5.02 Å². The SMILES string of the molecule is O=c1c2sc(-c3ccc(Cl)cc3)cc2ncn1C[C@@H](O)COCc1ccccc1. The third-order valence-electron chi connectivity index (χ3n) is 4.46. The van der Waals surface area contributed by atoms with E-state index in [0.717, 1.165) is 16.0 Å². The number of benzene rings is 2. The molecule has 4 rings (SSSR count). The topological polar surface area (TPSA) is 64.4 Å². The number of nitrogens with zero attached hydrogens (tertiary/aromatic N) is 2. The summed E-state index contributed by atoms with van der Waals surface area (Å²) >= 11 is 7.33. The van der Waals surface area contributed by atoms with E-state index in [4.69, 9.17) is 16.3 Å². The Labute approximate surface area is 176 Å². The molecule has 2 aromatic heterocycles. The van der Waals surface area contributed by atoms with E-state index in [0.29, 0.717) is 21.8 Å². The predicted octanol–water partition coefficient (Wildman–Crippen LogP) is 4.36. The van der Waals surface area contributed by atoms with Crippen molar-refractivity contribution >= 4 is 33.2 Å². The Morgan fingerprint density at radius 1 is 1.14 bits per heavy atom. The van der Waals surface area contributed by atoms with E-state index < -0.39 is 6.10 Å². The van der Waals surface area contributed by atoms with E-state index >= 15 is 0 Å². The summed E-state index contributed by atoms with van der Waals surface area (Å²) in [5, 5.41) is 10.9. The number of halogens is 1.